The summed E-state index contributed by atoms with van der Waals surface area (Å²) in [6.45, 7) is 0. The first kappa shape index (κ1) is 22.3. The summed E-state index contributed by atoms with van der Waals surface area (Å²) in [6, 6.07) is 20.9. The first-order chi connectivity index (χ1) is 16.5. The topological polar surface area (TPSA) is 81.1 Å². The van der Waals surface area contributed by atoms with E-state index in [9.17, 15) is 14.3 Å². The normalized spacial score (nSPS) is 11.2. The highest BCUT2D eigenvalue weighted by atomic mass is 32.2. The number of nitrogens with zero attached hydrogens (tertiary/aromatic N) is 2. The second kappa shape index (κ2) is 9.42. The van der Waals surface area contributed by atoms with Gasteiger partial charge in [-0.15, -0.1) is 11.3 Å². The molecule has 170 valence electrons. The summed E-state index contributed by atoms with van der Waals surface area (Å²) in [5, 5.41) is 18.1. The molecule has 8 heteroatoms. The SMILES string of the molecule is NSc1ccc(Cc2cn(-c3nc(C(=O)O)cs3)c3ccc(Cc4ccccc4F)cc23)cc1. The molecule has 34 heavy (non-hydrogen) atoms. The molecule has 0 amide bonds. The largest absolute Gasteiger partial charge is 0.476 e. The summed E-state index contributed by atoms with van der Waals surface area (Å²) in [7, 11) is 0. The Morgan fingerprint density at radius 3 is 2.47 bits per heavy atom. The summed E-state index contributed by atoms with van der Waals surface area (Å²) in [4.78, 5) is 16.6. The second-order valence-electron chi connectivity index (χ2n) is 7.90. The molecule has 0 saturated heterocycles. The van der Waals surface area contributed by atoms with E-state index in [1.165, 1.54) is 29.4 Å². The van der Waals surface area contributed by atoms with E-state index in [1.54, 1.807) is 17.5 Å². The van der Waals surface area contributed by atoms with Crippen LogP contribution in [0.1, 0.15) is 32.7 Å². The number of hydrogen-bond acceptors (Lipinski definition) is 5. The van der Waals surface area contributed by atoms with E-state index in [0.717, 1.165) is 32.5 Å². The molecule has 0 atom stereocenters. The van der Waals surface area contributed by atoms with Gasteiger partial charge in [-0.05, 0) is 71.0 Å². The van der Waals surface area contributed by atoms with Gasteiger partial charge in [-0.3, -0.25) is 9.71 Å². The first-order valence-electron chi connectivity index (χ1n) is 10.5. The third kappa shape index (κ3) is 4.48. The van der Waals surface area contributed by atoms with Crippen molar-refractivity contribution in [1.82, 2.24) is 9.55 Å². The van der Waals surface area contributed by atoms with Crippen LogP contribution in [0.25, 0.3) is 16.0 Å². The van der Waals surface area contributed by atoms with Crippen LogP contribution in [0.4, 0.5) is 4.39 Å². The molecule has 2 heterocycles. The van der Waals surface area contributed by atoms with Crippen LogP contribution in [0.3, 0.4) is 0 Å². The maximum atomic E-state index is 14.2. The number of halogens is 1. The van der Waals surface area contributed by atoms with Crippen molar-refractivity contribution in [3.05, 3.63) is 112 Å². The third-order valence-electron chi connectivity index (χ3n) is 5.68. The molecule has 0 fully saturated rings. The average Bonchev–Trinajstić information content (AvgIpc) is 3.47. The number of benzene rings is 3. The molecule has 0 unspecified atom stereocenters. The van der Waals surface area contributed by atoms with Gasteiger partial charge in [0.1, 0.15) is 5.82 Å². The predicted molar refractivity (Wildman–Crippen MR) is 134 cm³/mol. The molecule has 0 aliphatic heterocycles. The molecule has 0 aliphatic rings. The summed E-state index contributed by atoms with van der Waals surface area (Å²) >= 11 is 2.49. The number of aromatic nitrogens is 2. The van der Waals surface area contributed by atoms with Gasteiger partial charge < -0.3 is 5.11 Å². The van der Waals surface area contributed by atoms with Gasteiger partial charge in [-0.25, -0.2) is 14.2 Å². The Morgan fingerprint density at radius 2 is 1.76 bits per heavy atom. The Bertz CT molecular complexity index is 1490. The van der Waals surface area contributed by atoms with E-state index in [4.69, 9.17) is 5.14 Å². The second-order valence-corrected chi connectivity index (χ2v) is 9.45. The lowest BCUT2D eigenvalue weighted by molar-refractivity contribution is 0.0691. The Morgan fingerprint density at radius 1 is 1.03 bits per heavy atom. The molecule has 5 aromatic rings. The smallest absolute Gasteiger partial charge is 0.355 e. The maximum absolute atomic E-state index is 14.2. The standard InChI is InChI=1S/C26H20FN3O2S2/c27-22-4-2-1-3-18(22)12-17-7-10-24-21(13-17)19(11-16-5-8-20(34-28)9-6-16)14-30(24)26-29-23(15-33-26)25(31)32/h1-10,13-15H,11-12,28H2,(H,31,32). The summed E-state index contributed by atoms with van der Waals surface area (Å²) in [6.07, 6.45) is 3.17. The van der Waals surface area contributed by atoms with Gasteiger partial charge in [0.25, 0.3) is 0 Å². The van der Waals surface area contributed by atoms with Crippen molar-refractivity contribution in [1.29, 1.82) is 0 Å². The molecule has 2 aromatic heterocycles. The quantitative estimate of drug-likeness (QED) is 0.271. The highest BCUT2D eigenvalue weighted by Gasteiger charge is 2.16. The lowest BCUT2D eigenvalue weighted by Gasteiger charge is -2.06. The Hall–Kier alpha value is -3.46. The lowest BCUT2D eigenvalue weighted by atomic mass is 9.99. The van der Waals surface area contributed by atoms with Crippen molar-refractivity contribution in [2.45, 2.75) is 17.7 Å². The van der Waals surface area contributed by atoms with E-state index in [-0.39, 0.29) is 11.5 Å². The minimum Gasteiger partial charge on any atom is -0.476 e. The fraction of sp³-hybridized carbons (Fsp3) is 0.0769. The number of nitrogens with two attached hydrogens (primary N) is 1. The van der Waals surface area contributed by atoms with Crippen molar-refractivity contribution < 1.29 is 14.3 Å². The fourth-order valence-corrected chi connectivity index (χ4v) is 5.07. The predicted octanol–water partition coefficient (Wildman–Crippen LogP) is 6.07. The highest BCUT2D eigenvalue weighted by Crippen LogP contribution is 2.30. The Kier molecular flexibility index (Phi) is 6.19. The summed E-state index contributed by atoms with van der Waals surface area (Å²) < 4.78 is 16.2. The van der Waals surface area contributed by atoms with E-state index >= 15 is 0 Å². The monoisotopic (exact) mass is 489 g/mol. The molecule has 3 N–H and O–H groups in total. The van der Waals surface area contributed by atoms with Crippen molar-refractivity contribution in [3.8, 4) is 5.13 Å². The maximum Gasteiger partial charge on any atom is 0.355 e. The minimum absolute atomic E-state index is 0.0226. The Labute approximate surface area is 203 Å². The van der Waals surface area contributed by atoms with Gasteiger partial charge >= 0.3 is 5.97 Å². The number of rotatable bonds is 7. The third-order valence-corrected chi connectivity index (χ3v) is 7.06. The lowest BCUT2D eigenvalue weighted by Crippen LogP contribution is -1.98. The first-order valence-corrected chi connectivity index (χ1v) is 12.3. The van der Waals surface area contributed by atoms with Gasteiger partial charge in [-0.2, -0.15) is 0 Å². The molecule has 0 radical (unpaired) electrons. The van der Waals surface area contributed by atoms with Gasteiger partial charge in [0.2, 0.25) is 0 Å². The summed E-state index contributed by atoms with van der Waals surface area (Å²) in [5.41, 5.74) is 4.79. The zero-order chi connectivity index (χ0) is 23.7. The van der Waals surface area contributed by atoms with Crippen LogP contribution in [0.15, 0.2) is 83.2 Å². The van der Waals surface area contributed by atoms with Gasteiger partial charge in [0.15, 0.2) is 10.8 Å². The minimum atomic E-state index is -1.05. The zero-order valence-corrected chi connectivity index (χ0v) is 19.6. The van der Waals surface area contributed by atoms with E-state index in [2.05, 4.69) is 11.1 Å². The number of thiazole rings is 1. The molecular weight excluding hydrogens is 469 g/mol. The molecule has 0 spiro atoms. The average molecular weight is 490 g/mol. The van der Waals surface area contributed by atoms with Crippen molar-refractivity contribution in [3.63, 3.8) is 0 Å². The van der Waals surface area contributed by atoms with Crippen LogP contribution in [0, 0.1) is 5.82 Å². The molecule has 0 saturated carbocycles. The van der Waals surface area contributed by atoms with Crippen LogP contribution in [-0.4, -0.2) is 20.6 Å². The van der Waals surface area contributed by atoms with Gasteiger partial charge in [0, 0.05) is 28.3 Å². The Balaban J connectivity index is 1.59. The summed E-state index contributed by atoms with van der Waals surface area (Å²) in [5.74, 6) is -1.27. The van der Waals surface area contributed by atoms with Gasteiger partial charge in [0.05, 0.1) is 5.52 Å². The van der Waals surface area contributed by atoms with Crippen LogP contribution in [0.5, 0.6) is 0 Å². The molecule has 5 nitrogen and oxygen atoms in total. The van der Waals surface area contributed by atoms with Crippen LogP contribution in [-0.2, 0) is 12.8 Å². The molecular formula is C26H20FN3O2S2. The van der Waals surface area contributed by atoms with Gasteiger partial charge in [-0.1, -0.05) is 36.4 Å². The molecule has 3 aromatic carbocycles. The van der Waals surface area contributed by atoms with Crippen molar-refractivity contribution in [2.75, 3.05) is 0 Å². The number of carboxylic acid groups (broad SMARTS) is 1. The zero-order valence-electron chi connectivity index (χ0n) is 17.9. The highest BCUT2D eigenvalue weighted by molar-refractivity contribution is 7.97. The van der Waals surface area contributed by atoms with E-state index < -0.39 is 5.97 Å². The molecule has 5 rings (SSSR count). The van der Waals surface area contributed by atoms with Crippen molar-refractivity contribution in [2.24, 2.45) is 5.14 Å². The number of fused-ring (bicyclic) bond motifs is 1. The number of carbonyl (C=O) groups is 1. The van der Waals surface area contributed by atoms with Crippen LogP contribution >= 0.6 is 23.3 Å². The van der Waals surface area contributed by atoms with E-state index in [0.29, 0.717) is 23.5 Å². The van der Waals surface area contributed by atoms with Crippen LogP contribution < -0.4 is 5.14 Å². The molecule has 0 aliphatic carbocycles. The number of aromatic carboxylic acids is 1. The van der Waals surface area contributed by atoms with Crippen molar-refractivity contribution >= 4 is 40.2 Å². The van der Waals surface area contributed by atoms with Crippen LogP contribution in [0.2, 0.25) is 0 Å². The number of hydrogen-bond donors (Lipinski definition) is 2. The van der Waals surface area contributed by atoms with E-state index in [1.807, 2.05) is 53.2 Å². The fourth-order valence-electron chi connectivity index (χ4n) is 4.00. The number of carboxylic acids is 1. The molecule has 0 bridgehead atoms.